The predicted octanol–water partition coefficient (Wildman–Crippen LogP) is -0.989. The molecule has 0 spiro atoms. The first kappa shape index (κ1) is 20.4. The van der Waals surface area contributed by atoms with Gasteiger partial charge >= 0.3 is 6.09 Å². The number of rotatable bonds is 3. The highest BCUT2D eigenvalue weighted by molar-refractivity contribution is 6.25. The summed E-state index contributed by atoms with van der Waals surface area (Å²) in [6.45, 7) is 0.322. The SMILES string of the molecule is CN(C(=O)OCc1ccccc1)C1CCCC(N)C1.O=C([O-])C(=O)[O-]. The van der Waals surface area contributed by atoms with E-state index in [1.807, 2.05) is 30.3 Å². The molecule has 25 heavy (non-hydrogen) atoms. The molecule has 1 saturated carbocycles. The smallest absolute Gasteiger partial charge is 0.410 e. The second kappa shape index (κ2) is 10.3. The van der Waals surface area contributed by atoms with Crippen LogP contribution in [0.15, 0.2) is 30.3 Å². The number of ether oxygens (including phenoxy) is 1. The summed E-state index contributed by atoms with van der Waals surface area (Å²) in [6.07, 6.45) is 3.77. The maximum atomic E-state index is 12.0. The van der Waals surface area contributed by atoms with Crippen molar-refractivity contribution in [3.8, 4) is 0 Å². The molecule has 2 N–H and O–H groups in total. The van der Waals surface area contributed by atoms with Crippen LogP contribution in [0.2, 0.25) is 0 Å². The molecule has 1 amide bonds. The Hall–Kier alpha value is -2.61. The third-order valence-electron chi connectivity index (χ3n) is 3.89. The van der Waals surface area contributed by atoms with Crippen LogP contribution in [-0.2, 0) is 20.9 Å². The Kier molecular flexibility index (Phi) is 8.42. The van der Waals surface area contributed by atoms with Gasteiger partial charge in [0.05, 0.1) is 11.9 Å². The summed E-state index contributed by atoms with van der Waals surface area (Å²) in [5.74, 6) is -4.37. The Balaban J connectivity index is 0.000000450. The molecular formula is C17H22N2O6-2. The summed E-state index contributed by atoms with van der Waals surface area (Å²) in [4.78, 5) is 31.5. The van der Waals surface area contributed by atoms with E-state index >= 15 is 0 Å². The van der Waals surface area contributed by atoms with Gasteiger partial charge in [0, 0.05) is 19.1 Å². The minimum atomic E-state index is -2.19. The van der Waals surface area contributed by atoms with E-state index in [2.05, 4.69) is 0 Å². The fourth-order valence-corrected chi connectivity index (χ4v) is 2.52. The Labute approximate surface area is 146 Å². The monoisotopic (exact) mass is 350 g/mol. The van der Waals surface area contributed by atoms with Crippen LogP contribution < -0.4 is 15.9 Å². The van der Waals surface area contributed by atoms with Crippen molar-refractivity contribution in [1.82, 2.24) is 4.90 Å². The van der Waals surface area contributed by atoms with Gasteiger partial charge in [-0.15, -0.1) is 0 Å². The van der Waals surface area contributed by atoms with E-state index in [0.29, 0.717) is 6.61 Å². The van der Waals surface area contributed by atoms with Crippen LogP contribution in [0.1, 0.15) is 31.2 Å². The first-order valence-electron chi connectivity index (χ1n) is 7.92. The molecule has 2 atom stereocenters. The molecule has 8 heteroatoms. The largest absolute Gasteiger partial charge is 0.543 e. The van der Waals surface area contributed by atoms with E-state index in [9.17, 15) is 4.79 Å². The van der Waals surface area contributed by atoms with Gasteiger partial charge in [-0.1, -0.05) is 30.3 Å². The van der Waals surface area contributed by atoms with Crippen molar-refractivity contribution >= 4 is 18.0 Å². The maximum Gasteiger partial charge on any atom is 0.410 e. The highest BCUT2D eigenvalue weighted by Crippen LogP contribution is 2.21. The van der Waals surface area contributed by atoms with Crippen LogP contribution in [-0.4, -0.2) is 42.1 Å². The van der Waals surface area contributed by atoms with E-state index in [4.69, 9.17) is 30.3 Å². The Morgan fingerprint density at radius 1 is 1.16 bits per heavy atom. The van der Waals surface area contributed by atoms with Gasteiger partial charge < -0.3 is 35.2 Å². The Bertz CT molecular complexity index is 566. The fourth-order valence-electron chi connectivity index (χ4n) is 2.52. The lowest BCUT2D eigenvalue weighted by Gasteiger charge is -2.33. The van der Waals surface area contributed by atoms with Crippen LogP contribution >= 0.6 is 0 Å². The molecule has 0 radical (unpaired) electrons. The molecule has 0 bridgehead atoms. The lowest BCUT2D eigenvalue weighted by molar-refractivity contribution is -0.345. The standard InChI is InChI=1S/C15H22N2O2.C2H2O4/c1-17(14-9-5-8-13(16)10-14)15(18)19-11-12-6-3-2-4-7-12;3-1(4)2(5)6/h2-4,6-7,13-14H,5,8-11,16H2,1H3;(H,3,4)(H,5,6)/p-2. The maximum absolute atomic E-state index is 12.0. The molecular weight excluding hydrogens is 328 g/mol. The van der Waals surface area contributed by atoms with E-state index in [1.165, 1.54) is 0 Å². The number of carbonyl (C=O) groups is 3. The minimum Gasteiger partial charge on any atom is -0.543 e. The fraction of sp³-hybridized carbons (Fsp3) is 0.471. The van der Waals surface area contributed by atoms with Gasteiger partial charge in [0.25, 0.3) is 0 Å². The van der Waals surface area contributed by atoms with Gasteiger partial charge in [-0.3, -0.25) is 0 Å². The number of hydrogen-bond acceptors (Lipinski definition) is 7. The lowest BCUT2D eigenvalue weighted by Crippen LogP contribution is -2.43. The number of aliphatic carboxylic acids is 2. The van der Waals surface area contributed by atoms with Crippen molar-refractivity contribution in [2.24, 2.45) is 5.73 Å². The van der Waals surface area contributed by atoms with Gasteiger partial charge in [-0.05, 0) is 31.2 Å². The third kappa shape index (κ3) is 7.67. The third-order valence-corrected chi connectivity index (χ3v) is 3.89. The van der Waals surface area contributed by atoms with Crippen LogP contribution in [0.4, 0.5) is 4.79 Å². The molecule has 0 aliphatic heterocycles. The van der Waals surface area contributed by atoms with Gasteiger partial charge in [0.2, 0.25) is 0 Å². The Morgan fingerprint density at radius 2 is 1.76 bits per heavy atom. The zero-order chi connectivity index (χ0) is 18.8. The van der Waals surface area contributed by atoms with E-state index in [0.717, 1.165) is 31.2 Å². The summed E-state index contributed by atoms with van der Waals surface area (Å²) in [6, 6.07) is 10.1. The molecule has 1 fully saturated rings. The zero-order valence-corrected chi connectivity index (χ0v) is 14.1. The summed E-state index contributed by atoms with van der Waals surface area (Å²) in [7, 11) is 1.80. The van der Waals surface area contributed by atoms with Gasteiger partial charge in [0.1, 0.15) is 6.61 Å². The van der Waals surface area contributed by atoms with Crippen molar-refractivity contribution in [3.63, 3.8) is 0 Å². The number of carboxylic acids is 2. The highest BCUT2D eigenvalue weighted by atomic mass is 16.6. The molecule has 2 rings (SSSR count). The number of benzene rings is 1. The van der Waals surface area contributed by atoms with Gasteiger partial charge in [-0.25, -0.2) is 4.79 Å². The first-order valence-corrected chi connectivity index (χ1v) is 7.92. The Morgan fingerprint density at radius 3 is 2.28 bits per heavy atom. The minimum absolute atomic E-state index is 0.211. The molecule has 1 aromatic carbocycles. The molecule has 2 unspecified atom stereocenters. The van der Waals surface area contributed by atoms with Crippen molar-refractivity contribution in [3.05, 3.63) is 35.9 Å². The summed E-state index contributed by atoms with van der Waals surface area (Å²) < 4.78 is 5.32. The molecule has 0 aromatic heterocycles. The number of carboxylic acid groups (broad SMARTS) is 2. The van der Waals surface area contributed by atoms with Crippen molar-refractivity contribution in [2.75, 3.05) is 7.05 Å². The normalized spacial score (nSPS) is 19.1. The van der Waals surface area contributed by atoms with Crippen LogP contribution in [0.3, 0.4) is 0 Å². The topological polar surface area (TPSA) is 136 Å². The van der Waals surface area contributed by atoms with Gasteiger partial charge in [0.15, 0.2) is 0 Å². The van der Waals surface area contributed by atoms with E-state index in [-0.39, 0.29) is 18.2 Å². The number of amides is 1. The number of nitrogens with zero attached hydrogens (tertiary/aromatic N) is 1. The number of hydrogen-bond donors (Lipinski definition) is 1. The number of carbonyl (C=O) groups excluding carboxylic acids is 3. The first-order chi connectivity index (χ1) is 11.8. The van der Waals surface area contributed by atoms with Crippen LogP contribution in [0, 0.1) is 0 Å². The van der Waals surface area contributed by atoms with Crippen LogP contribution in [0.5, 0.6) is 0 Å². The molecule has 1 aliphatic rings. The van der Waals surface area contributed by atoms with Crippen molar-refractivity contribution in [1.29, 1.82) is 0 Å². The summed E-state index contributed by atoms with van der Waals surface area (Å²) in [5, 5.41) is 17.9. The molecule has 138 valence electrons. The second-order valence-electron chi connectivity index (χ2n) is 5.81. The average Bonchev–Trinajstić information content (AvgIpc) is 2.60. The van der Waals surface area contributed by atoms with Gasteiger partial charge in [-0.2, -0.15) is 0 Å². The summed E-state index contributed by atoms with van der Waals surface area (Å²) >= 11 is 0. The van der Waals surface area contributed by atoms with E-state index in [1.54, 1.807) is 11.9 Å². The average molecular weight is 350 g/mol. The molecule has 1 aliphatic carbocycles. The number of nitrogens with two attached hydrogens (primary N) is 1. The predicted molar refractivity (Wildman–Crippen MR) is 84.6 cm³/mol. The van der Waals surface area contributed by atoms with Crippen molar-refractivity contribution < 1.29 is 29.3 Å². The molecule has 0 heterocycles. The molecule has 0 saturated heterocycles. The quantitative estimate of drug-likeness (QED) is 0.691. The molecule has 1 aromatic rings. The zero-order valence-electron chi connectivity index (χ0n) is 14.1. The lowest BCUT2D eigenvalue weighted by atomic mass is 9.91. The van der Waals surface area contributed by atoms with E-state index < -0.39 is 11.9 Å². The highest BCUT2D eigenvalue weighted by Gasteiger charge is 2.26. The van der Waals surface area contributed by atoms with Crippen molar-refractivity contribution in [2.45, 2.75) is 44.4 Å². The molecule has 8 nitrogen and oxygen atoms in total. The summed E-state index contributed by atoms with van der Waals surface area (Å²) in [5.41, 5.74) is 6.95. The second-order valence-corrected chi connectivity index (χ2v) is 5.81. The van der Waals surface area contributed by atoms with Crippen LogP contribution in [0.25, 0.3) is 0 Å².